The summed E-state index contributed by atoms with van der Waals surface area (Å²) >= 11 is 0. The van der Waals surface area contributed by atoms with Crippen LogP contribution >= 0.6 is 0 Å². The van der Waals surface area contributed by atoms with Crippen LogP contribution < -0.4 is 10.2 Å². The maximum Gasteiger partial charge on any atom is 0.278 e. The minimum absolute atomic E-state index is 0.183. The number of hydrogen-bond donors (Lipinski definition) is 1. The normalized spacial score (nSPS) is 18.2. The van der Waals surface area contributed by atoms with E-state index in [1.807, 2.05) is 7.05 Å². The average Bonchev–Trinajstić information content (AvgIpc) is 3.65. The largest absolute Gasteiger partial charge is 0.363 e. The van der Waals surface area contributed by atoms with Gasteiger partial charge in [0, 0.05) is 46.6 Å². The lowest BCUT2D eigenvalue weighted by Crippen LogP contribution is -2.24. The number of nitrogens with one attached hydrogen (secondary N) is 1. The molecule has 1 N–H and O–H groups in total. The van der Waals surface area contributed by atoms with Gasteiger partial charge in [0.25, 0.3) is 5.92 Å². The summed E-state index contributed by atoms with van der Waals surface area (Å²) < 4.78 is 44.9. The molecule has 0 unspecified atom stereocenters. The first kappa shape index (κ1) is 24.6. The Balaban J connectivity index is 1.61. The predicted molar refractivity (Wildman–Crippen MR) is 139 cm³/mol. The van der Waals surface area contributed by atoms with Gasteiger partial charge in [-0.25, -0.2) is 23.1 Å². The van der Waals surface area contributed by atoms with Crippen LogP contribution in [0.3, 0.4) is 0 Å². The number of benzene rings is 2. The Morgan fingerprint density at radius 1 is 1.14 bits per heavy atom. The summed E-state index contributed by atoms with van der Waals surface area (Å²) in [5, 5.41) is 4.17. The van der Waals surface area contributed by atoms with Crippen LogP contribution in [0.5, 0.6) is 0 Å². The highest BCUT2D eigenvalue weighted by atomic mass is 19.3. The predicted octanol–water partition coefficient (Wildman–Crippen LogP) is 7.81. The summed E-state index contributed by atoms with van der Waals surface area (Å²) in [5.41, 5.74) is 3.32. The number of allylic oxidation sites excluding steroid dienone is 1. The summed E-state index contributed by atoms with van der Waals surface area (Å²) in [7, 11) is 2.01. The van der Waals surface area contributed by atoms with Gasteiger partial charge in [-0.05, 0) is 37.5 Å². The minimum atomic E-state index is -3.26. The Hall–Kier alpha value is -3.09. The molecule has 190 valence electrons. The van der Waals surface area contributed by atoms with Gasteiger partial charge in [0.15, 0.2) is 0 Å². The number of anilines is 2. The zero-order valence-corrected chi connectivity index (χ0v) is 21.7. The van der Waals surface area contributed by atoms with Crippen molar-refractivity contribution in [3.8, 4) is 0 Å². The van der Waals surface area contributed by atoms with E-state index in [1.54, 1.807) is 13.0 Å². The maximum atomic E-state index is 15.4. The lowest BCUT2D eigenvalue weighted by molar-refractivity contribution is -0.0545. The molecule has 1 aliphatic heterocycles. The standard InChI is InChI=1S/C29H33F3N4/c1-15(2)29(31,32)21-10-8-9-19(25(21)30)16(3)33-27-20-13-22-24(36(7)17(4)28(22,5)6)14-23(20)34-26(35-27)18-11-12-18/h8-10,13-16,18H,4,11-12H2,1-3,5-7H3,(H,33,34,35)/t16-/m1/s1. The monoisotopic (exact) mass is 494 g/mol. The second-order valence-corrected chi connectivity index (χ2v) is 11.1. The molecule has 1 saturated carbocycles. The first-order chi connectivity index (χ1) is 16.8. The smallest absolute Gasteiger partial charge is 0.278 e. The molecule has 0 radical (unpaired) electrons. The van der Waals surface area contributed by atoms with Crippen molar-refractivity contribution in [2.45, 2.75) is 70.8 Å². The molecule has 7 heteroatoms. The third-order valence-corrected chi connectivity index (χ3v) is 7.87. The topological polar surface area (TPSA) is 41.1 Å². The molecule has 1 aromatic heterocycles. The third-order valence-electron chi connectivity index (χ3n) is 7.87. The number of alkyl halides is 2. The SMILES string of the molecule is C=C1N(C)c2cc3nc(C4CC4)nc(N[C@H](C)c4cccc(C(F)(F)C(C)C)c4F)c3cc2C1(C)C. The Bertz CT molecular complexity index is 1370. The van der Waals surface area contributed by atoms with Crippen LogP contribution in [-0.4, -0.2) is 17.0 Å². The fraction of sp³-hybridized carbons (Fsp3) is 0.448. The van der Waals surface area contributed by atoms with Gasteiger partial charge in [-0.2, -0.15) is 0 Å². The Kier molecular flexibility index (Phi) is 5.61. The second kappa shape index (κ2) is 8.22. The van der Waals surface area contributed by atoms with Crippen molar-refractivity contribution in [2.75, 3.05) is 17.3 Å². The molecule has 4 nitrogen and oxygen atoms in total. The number of fused-ring (bicyclic) bond motifs is 2. The van der Waals surface area contributed by atoms with Gasteiger partial charge >= 0.3 is 0 Å². The molecular formula is C29H33F3N4. The maximum absolute atomic E-state index is 15.4. The molecule has 5 rings (SSSR count). The summed E-state index contributed by atoms with van der Waals surface area (Å²) in [5.74, 6) is -3.49. The quantitative estimate of drug-likeness (QED) is 0.379. The van der Waals surface area contributed by atoms with E-state index in [1.165, 1.54) is 26.0 Å². The molecule has 1 aliphatic carbocycles. The summed E-state index contributed by atoms with van der Waals surface area (Å²) in [4.78, 5) is 11.8. The fourth-order valence-electron chi connectivity index (χ4n) is 5.05. The molecule has 36 heavy (non-hydrogen) atoms. The summed E-state index contributed by atoms with van der Waals surface area (Å²) in [6, 6.07) is 7.79. The molecule has 0 bridgehead atoms. The first-order valence-corrected chi connectivity index (χ1v) is 12.6. The van der Waals surface area contributed by atoms with Crippen molar-refractivity contribution >= 4 is 22.4 Å². The molecular weight excluding hydrogens is 461 g/mol. The van der Waals surface area contributed by atoms with E-state index >= 15 is 4.39 Å². The average molecular weight is 495 g/mol. The van der Waals surface area contributed by atoms with E-state index in [2.05, 4.69) is 42.8 Å². The fourth-order valence-corrected chi connectivity index (χ4v) is 5.05. The van der Waals surface area contributed by atoms with Gasteiger partial charge in [-0.1, -0.05) is 52.5 Å². The Labute approximate surface area is 210 Å². The van der Waals surface area contributed by atoms with Crippen molar-refractivity contribution in [1.29, 1.82) is 0 Å². The van der Waals surface area contributed by atoms with Crippen molar-refractivity contribution in [1.82, 2.24) is 9.97 Å². The number of halogens is 3. The van der Waals surface area contributed by atoms with Crippen LogP contribution in [0, 0.1) is 11.7 Å². The highest BCUT2D eigenvalue weighted by molar-refractivity contribution is 5.94. The van der Waals surface area contributed by atoms with Gasteiger partial charge in [0.05, 0.1) is 17.1 Å². The van der Waals surface area contributed by atoms with Crippen molar-refractivity contribution < 1.29 is 13.2 Å². The van der Waals surface area contributed by atoms with E-state index in [9.17, 15) is 8.78 Å². The van der Waals surface area contributed by atoms with E-state index in [0.717, 1.165) is 46.5 Å². The van der Waals surface area contributed by atoms with Gasteiger partial charge in [-0.15, -0.1) is 0 Å². The van der Waals surface area contributed by atoms with Crippen LogP contribution in [0.25, 0.3) is 10.9 Å². The Morgan fingerprint density at radius 2 is 1.83 bits per heavy atom. The van der Waals surface area contributed by atoms with E-state index in [0.29, 0.717) is 11.7 Å². The lowest BCUT2D eigenvalue weighted by atomic mass is 9.84. The third kappa shape index (κ3) is 3.75. The first-order valence-electron chi connectivity index (χ1n) is 12.6. The summed E-state index contributed by atoms with van der Waals surface area (Å²) in [6.07, 6.45) is 2.08. The minimum Gasteiger partial charge on any atom is -0.363 e. The van der Waals surface area contributed by atoms with E-state index < -0.39 is 29.3 Å². The number of nitrogens with zero attached hydrogens (tertiary/aromatic N) is 3. The number of hydrogen-bond acceptors (Lipinski definition) is 4. The van der Waals surface area contributed by atoms with Crippen LogP contribution in [0.1, 0.15) is 81.9 Å². The van der Waals surface area contributed by atoms with Gasteiger partial charge in [0.2, 0.25) is 0 Å². The lowest BCUT2D eigenvalue weighted by Gasteiger charge is -2.24. The molecule has 0 saturated heterocycles. The molecule has 1 atom stereocenters. The van der Waals surface area contributed by atoms with E-state index in [4.69, 9.17) is 9.97 Å². The number of rotatable bonds is 6. The van der Waals surface area contributed by atoms with Crippen LogP contribution in [0.2, 0.25) is 0 Å². The molecule has 0 amide bonds. The molecule has 2 aromatic carbocycles. The molecule has 3 aromatic rings. The number of aromatic nitrogens is 2. The molecule has 2 heterocycles. The van der Waals surface area contributed by atoms with Gasteiger partial charge < -0.3 is 10.2 Å². The summed E-state index contributed by atoms with van der Waals surface area (Å²) in [6.45, 7) is 13.1. The molecule has 0 spiro atoms. The highest BCUT2D eigenvalue weighted by Gasteiger charge is 2.40. The van der Waals surface area contributed by atoms with Crippen LogP contribution in [-0.2, 0) is 11.3 Å². The highest BCUT2D eigenvalue weighted by Crippen LogP contribution is 2.49. The van der Waals surface area contributed by atoms with Gasteiger partial charge in [0.1, 0.15) is 17.5 Å². The van der Waals surface area contributed by atoms with Crippen LogP contribution in [0.15, 0.2) is 42.6 Å². The molecule has 2 aliphatic rings. The Morgan fingerprint density at radius 3 is 2.47 bits per heavy atom. The van der Waals surface area contributed by atoms with Crippen LogP contribution in [0.4, 0.5) is 24.7 Å². The van der Waals surface area contributed by atoms with Gasteiger partial charge in [-0.3, -0.25) is 0 Å². The van der Waals surface area contributed by atoms with Crippen molar-refractivity contribution in [3.05, 3.63) is 70.9 Å². The molecule has 1 fully saturated rings. The van der Waals surface area contributed by atoms with Crippen molar-refractivity contribution in [2.24, 2.45) is 5.92 Å². The van der Waals surface area contributed by atoms with Crippen molar-refractivity contribution in [3.63, 3.8) is 0 Å². The zero-order valence-electron chi connectivity index (χ0n) is 21.7. The second-order valence-electron chi connectivity index (χ2n) is 11.1. The zero-order chi connectivity index (χ0) is 26.2. The number of likely N-dealkylation sites (N-methyl/N-ethyl adjacent to an activating group) is 1. The van der Waals surface area contributed by atoms with E-state index in [-0.39, 0.29) is 11.0 Å².